The second-order valence-electron chi connectivity index (χ2n) is 7.58. The maximum absolute atomic E-state index is 5.50. The number of hydrogen-bond donors (Lipinski definition) is 3. The third kappa shape index (κ3) is 9.63. The highest BCUT2D eigenvalue weighted by Gasteiger charge is 2.35. The quantitative estimate of drug-likeness (QED) is 0.171. The first-order valence-electron chi connectivity index (χ1n) is 10.5. The van der Waals surface area contributed by atoms with E-state index in [0.717, 1.165) is 32.1 Å². The molecule has 0 aromatic heterocycles. The van der Waals surface area contributed by atoms with Crippen LogP contribution in [0.1, 0.15) is 50.6 Å². The van der Waals surface area contributed by atoms with Gasteiger partial charge in [0, 0.05) is 45.4 Å². The van der Waals surface area contributed by atoms with E-state index in [4.69, 9.17) is 9.47 Å². The van der Waals surface area contributed by atoms with Gasteiger partial charge in [0.05, 0.1) is 13.2 Å². The summed E-state index contributed by atoms with van der Waals surface area (Å²) in [5, 5.41) is 10.8. The Morgan fingerprint density at radius 2 is 1.83 bits per heavy atom. The lowest BCUT2D eigenvalue weighted by molar-refractivity contribution is 0.0698. The molecule has 0 heterocycles. The first-order chi connectivity index (χ1) is 13.7. The van der Waals surface area contributed by atoms with E-state index in [1.165, 1.54) is 31.2 Å². The molecule has 1 aromatic rings. The molecule has 1 unspecified atom stereocenters. The van der Waals surface area contributed by atoms with Gasteiger partial charge in [-0.1, -0.05) is 43.2 Å². The summed E-state index contributed by atoms with van der Waals surface area (Å²) < 4.78 is 10.5. The average Bonchev–Trinajstić information content (AvgIpc) is 3.18. The monoisotopic (exact) mass is 518 g/mol. The largest absolute Gasteiger partial charge is 0.382 e. The summed E-state index contributed by atoms with van der Waals surface area (Å²) in [6.45, 7) is 6.01. The lowest BCUT2D eigenvalue weighted by Crippen LogP contribution is -2.54. The van der Waals surface area contributed by atoms with E-state index in [2.05, 4.69) is 58.2 Å². The number of aliphatic imine (C=N–C) groups is 1. The minimum absolute atomic E-state index is 0. The Labute approximate surface area is 193 Å². The summed E-state index contributed by atoms with van der Waals surface area (Å²) >= 11 is 0. The molecule has 29 heavy (non-hydrogen) atoms. The second-order valence-corrected chi connectivity index (χ2v) is 7.58. The van der Waals surface area contributed by atoms with Gasteiger partial charge in [-0.05, 0) is 31.7 Å². The molecule has 2 rings (SSSR count). The molecule has 0 radical (unpaired) electrons. The highest BCUT2D eigenvalue weighted by Crippen LogP contribution is 2.31. The third-order valence-electron chi connectivity index (χ3n) is 5.39. The SMILES string of the molecule is CN=C(NCCCOCCOC)NCC1(NC(C)c2ccccc2)CCCC1.I. The van der Waals surface area contributed by atoms with E-state index in [0.29, 0.717) is 19.3 Å². The molecular formula is C22H39IN4O2. The van der Waals surface area contributed by atoms with Crippen molar-refractivity contribution in [1.82, 2.24) is 16.0 Å². The normalized spacial score (nSPS) is 16.9. The minimum atomic E-state index is 0. The van der Waals surface area contributed by atoms with Gasteiger partial charge >= 0.3 is 0 Å². The molecule has 1 aromatic carbocycles. The molecule has 1 atom stereocenters. The summed E-state index contributed by atoms with van der Waals surface area (Å²) in [7, 11) is 3.51. The van der Waals surface area contributed by atoms with Crippen molar-refractivity contribution in [2.75, 3.05) is 47.1 Å². The summed E-state index contributed by atoms with van der Waals surface area (Å²) in [6.07, 6.45) is 5.89. The molecule has 6 nitrogen and oxygen atoms in total. The van der Waals surface area contributed by atoms with Crippen LogP contribution in [0.25, 0.3) is 0 Å². The highest BCUT2D eigenvalue weighted by molar-refractivity contribution is 14.0. The molecule has 1 saturated carbocycles. The van der Waals surface area contributed by atoms with Gasteiger partial charge in [0.2, 0.25) is 0 Å². The van der Waals surface area contributed by atoms with Crippen molar-refractivity contribution < 1.29 is 9.47 Å². The zero-order valence-corrected chi connectivity index (χ0v) is 20.5. The van der Waals surface area contributed by atoms with Crippen LogP contribution in [0.4, 0.5) is 0 Å². The molecule has 0 saturated heterocycles. The molecule has 1 aliphatic rings. The molecule has 166 valence electrons. The van der Waals surface area contributed by atoms with Crippen molar-refractivity contribution in [3.8, 4) is 0 Å². The first-order valence-corrected chi connectivity index (χ1v) is 10.5. The fourth-order valence-electron chi connectivity index (χ4n) is 3.81. The maximum Gasteiger partial charge on any atom is 0.191 e. The van der Waals surface area contributed by atoms with Crippen molar-refractivity contribution in [3.63, 3.8) is 0 Å². The number of nitrogens with zero attached hydrogens (tertiary/aromatic N) is 1. The van der Waals surface area contributed by atoms with Crippen LogP contribution in [0.3, 0.4) is 0 Å². The van der Waals surface area contributed by atoms with Crippen molar-refractivity contribution in [2.24, 2.45) is 4.99 Å². The number of halogens is 1. The lowest BCUT2D eigenvalue weighted by atomic mass is 9.94. The van der Waals surface area contributed by atoms with Crippen LogP contribution in [-0.2, 0) is 9.47 Å². The Hall–Kier alpha value is -0.900. The van der Waals surface area contributed by atoms with Crippen molar-refractivity contribution >= 4 is 29.9 Å². The van der Waals surface area contributed by atoms with Gasteiger partial charge in [-0.15, -0.1) is 24.0 Å². The zero-order valence-electron chi connectivity index (χ0n) is 18.2. The van der Waals surface area contributed by atoms with E-state index in [-0.39, 0.29) is 29.5 Å². The van der Waals surface area contributed by atoms with E-state index in [1.54, 1.807) is 7.11 Å². The summed E-state index contributed by atoms with van der Waals surface area (Å²) in [4.78, 5) is 4.37. The minimum Gasteiger partial charge on any atom is -0.382 e. The van der Waals surface area contributed by atoms with Crippen LogP contribution in [0, 0.1) is 0 Å². The van der Waals surface area contributed by atoms with Crippen LogP contribution in [0.2, 0.25) is 0 Å². The Balaban J connectivity index is 0.00000420. The van der Waals surface area contributed by atoms with E-state index < -0.39 is 0 Å². The average molecular weight is 518 g/mol. The third-order valence-corrected chi connectivity index (χ3v) is 5.39. The molecule has 3 N–H and O–H groups in total. The number of benzene rings is 1. The van der Waals surface area contributed by atoms with E-state index >= 15 is 0 Å². The first kappa shape index (κ1) is 26.1. The van der Waals surface area contributed by atoms with Gasteiger partial charge in [-0.3, -0.25) is 4.99 Å². The Morgan fingerprint density at radius 1 is 1.10 bits per heavy atom. The van der Waals surface area contributed by atoms with Crippen LogP contribution in [0.5, 0.6) is 0 Å². The van der Waals surface area contributed by atoms with Gasteiger partial charge in [0.25, 0.3) is 0 Å². The molecule has 7 heteroatoms. The predicted molar refractivity (Wildman–Crippen MR) is 131 cm³/mol. The van der Waals surface area contributed by atoms with Gasteiger partial charge in [-0.2, -0.15) is 0 Å². The molecule has 0 spiro atoms. The number of ether oxygens (including phenoxy) is 2. The van der Waals surface area contributed by atoms with Crippen molar-refractivity contribution in [3.05, 3.63) is 35.9 Å². The molecule has 0 aliphatic heterocycles. The summed E-state index contributed by atoms with van der Waals surface area (Å²) in [6, 6.07) is 11.0. The van der Waals surface area contributed by atoms with Crippen LogP contribution in [0.15, 0.2) is 35.3 Å². The second kappa shape index (κ2) is 15.0. The van der Waals surface area contributed by atoms with Gasteiger partial charge in [-0.25, -0.2) is 0 Å². The van der Waals surface area contributed by atoms with Gasteiger partial charge in [0.1, 0.15) is 0 Å². The van der Waals surface area contributed by atoms with Crippen molar-refractivity contribution in [1.29, 1.82) is 0 Å². The lowest BCUT2D eigenvalue weighted by Gasteiger charge is -2.35. The standard InChI is InChI=1S/C22H38N4O2.HI/c1-19(20-10-5-4-6-11-20)26-22(12-7-8-13-22)18-25-21(23-2)24-14-9-15-28-17-16-27-3;/h4-6,10-11,19,26H,7-9,12-18H2,1-3H3,(H2,23,24,25);1H. The summed E-state index contributed by atoms with van der Waals surface area (Å²) in [5.74, 6) is 0.859. The molecule has 1 fully saturated rings. The Morgan fingerprint density at radius 3 is 2.48 bits per heavy atom. The zero-order chi connectivity index (χ0) is 20.1. The Kier molecular flexibility index (Phi) is 13.5. The molecule has 0 bridgehead atoms. The van der Waals surface area contributed by atoms with Gasteiger partial charge < -0.3 is 25.4 Å². The predicted octanol–water partition coefficient (Wildman–Crippen LogP) is 3.49. The van der Waals surface area contributed by atoms with E-state index in [9.17, 15) is 0 Å². The smallest absolute Gasteiger partial charge is 0.191 e. The molecular weight excluding hydrogens is 479 g/mol. The number of methoxy groups -OCH3 is 1. The number of nitrogens with one attached hydrogen (secondary N) is 3. The van der Waals surface area contributed by atoms with Gasteiger partial charge in [0.15, 0.2) is 5.96 Å². The van der Waals surface area contributed by atoms with E-state index in [1.807, 2.05) is 7.05 Å². The maximum atomic E-state index is 5.50. The molecule has 1 aliphatic carbocycles. The number of guanidine groups is 1. The summed E-state index contributed by atoms with van der Waals surface area (Å²) in [5.41, 5.74) is 1.46. The number of hydrogen-bond acceptors (Lipinski definition) is 4. The van der Waals surface area contributed by atoms with Crippen molar-refractivity contribution in [2.45, 2.75) is 50.6 Å². The molecule has 0 amide bonds. The highest BCUT2D eigenvalue weighted by atomic mass is 127. The Bertz CT molecular complexity index is 565. The van der Waals surface area contributed by atoms with Crippen LogP contribution < -0.4 is 16.0 Å². The van der Waals surface area contributed by atoms with Crippen LogP contribution >= 0.6 is 24.0 Å². The number of rotatable bonds is 12. The fraction of sp³-hybridized carbons (Fsp3) is 0.682. The topological polar surface area (TPSA) is 66.9 Å². The van der Waals surface area contributed by atoms with Crippen LogP contribution in [-0.4, -0.2) is 58.6 Å². The fourth-order valence-corrected chi connectivity index (χ4v) is 3.81.